The Kier molecular flexibility index (Phi) is 4.21. The quantitative estimate of drug-likeness (QED) is 0.368. The summed E-state index contributed by atoms with van der Waals surface area (Å²) < 4.78 is 8.22. The van der Waals surface area contributed by atoms with E-state index in [4.69, 9.17) is 15.6 Å². The molecule has 5 aromatic rings. The molecule has 146 valence electrons. The number of para-hydroxylation sites is 1. The van der Waals surface area contributed by atoms with E-state index in [1.165, 1.54) is 18.7 Å². The van der Waals surface area contributed by atoms with Gasteiger partial charge in [0.1, 0.15) is 29.3 Å². The molecular weight excluding hydrogens is 380 g/mol. The molecule has 0 bridgehead atoms. The second-order valence-corrected chi connectivity index (χ2v) is 6.57. The van der Waals surface area contributed by atoms with Crippen LogP contribution in [0, 0.1) is 5.21 Å². The molecule has 8 heteroatoms. The van der Waals surface area contributed by atoms with Crippen LogP contribution < -0.4 is 15.2 Å². The first kappa shape index (κ1) is 17.6. The van der Waals surface area contributed by atoms with Crippen LogP contribution in [0.1, 0.15) is 0 Å². The average molecular weight is 396 g/mol. The Morgan fingerprint density at radius 2 is 1.57 bits per heavy atom. The number of rotatable bonds is 4. The van der Waals surface area contributed by atoms with Crippen molar-refractivity contribution < 1.29 is 9.47 Å². The molecule has 2 aromatic carbocycles. The summed E-state index contributed by atoms with van der Waals surface area (Å²) in [4.78, 5) is 8.48. The largest absolute Gasteiger partial charge is 0.619 e. The predicted molar refractivity (Wildman–Crippen MR) is 112 cm³/mol. The van der Waals surface area contributed by atoms with E-state index in [2.05, 4.69) is 9.97 Å². The summed E-state index contributed by atoms with van der Waals surface area (Å²) in [6.07, 6.45) is 4.21. The molecule has 0 radical (unpaired) electrons. The van der Waals surface area contributed by atoms with E-state index in [-0.39, 0.29) is 0 Å². The lowest BCUT2D eigenvalue weighted by Crippen LogP contribution is -2.23. The lowest BCUT2D eigenvalue weighted by Gasteiger charge is -2.06. The van der Waals surface area contributed by atoms with Crippen molar-refractivity contribution in [2.45, 2.75) is 0 Å². The topological polar surface area (TPSA) is 106 Å². The molecule has 0 fully saturated rings. The Labute approximate surface area is 171 Å². The fraction of sp³-hybridized carbons (Fsp3) is 0. The minimum absolute atomic E-state index is 0.334. The van der Waals surface area contributed by atoms with Gasteiger partial charge < -0.3 is 15.7 Å². The van der Waals surface area contributed by atoms with Gasteiger partial charge in [-0.25, -0.2) is 14.6 Å². The van der Waals surface area contributed by atoms with Gasteiger partial charge in [-0.2, -0.15) is 9.83 Å². The zero-order valence-electron chi connectivity index (χ0n) is 15.7. The van der Waals surface area contributed by atoms with Crippen LogP contribution in [-0.4, -0.2) is 19.7 Å². The van der Waals surface area contributed by atoms with E-state index in [0.29, 0.717) is 38.7 Å². The normalized spacial score (nSPS) is 10.9. The van der Waals surface area contributed by atoms with Crippen molar-refractivity contribution in [2.24, 2.45) is 0 Å². The Morgan fingerprint density at radius 3 is 2.30 bits per heavy atom. The third-order valence-electron chi connectivity index (χ3n) is 4.63. The van der Waals surface area contributed by atoms with Crippen LogP contribution >= 0.6 is 0 Å². The molecule has 3 heterocycles. The highest BCUT2D eigenvalue weighted by Gasteiger charge is 2.18. The molecule has 8 nitrogen and oxygen atoms in total. The molecule has 0 unspecified atom stereocenters. The fourth-order valence-electron chi connectivity index (χ4n) is 3.21. The molecule has 0 spiro atoms. The second kappa shape index (κ2) is 7.17. The SMILES string of the molecule is Nc1ncnc2c1c(-c1ccc(Oc3ccccc3)cc1)nn2-c1cc[n+]([O-])cc1. The monoisotopic (exact) mass is 396 g/mol. The minimum Gasteiger partial charge on any atom is -0.619 e. The van der Waals surface area contributed by atoms with Crippen molar-refractivity contribution in [3.63, 3.8) is 0 Å². The van der Waals surface area contributed by atoms with Crippen LogP contribution in [-0.2, 0) is 0 Å². The maximum Gasteiger partial charge on any atom is 0.182 e. The number of ether oxygens (including phenoxy) is 1. The second-order valence-electron chi connectivity index (χ2n) is 6.57. The minimum atomic E-state index is 0.334. The number of benzene rings is 2. The van der Waals surface area contributed by atoms with Gasteiger partial charge >= 0.3 is 0 Å². The van der Waals surface area contributed by atoms with Crippen molar-refractivity contribution in [1.82, 2.24) is 19.7 Å². The first-order valence-corrected chi connectivity index (χ1v) is 9.21. The third kappa shape index (κ3) is 3.16. The van der Waals surface area contributed by atoms with Crippen molar-refractivity contribution in [2.75, 3.05) is 5.73 Å². The van der Waals surface area contributed by atoms with Crippen molar-refractivity contribution in [3.8, 4) is 28.4 Å². The third-order valence-corrected chi connectivity index (χ3v) is 4.63. The summed E-state index contributed by atoms with van der Waals surface area (Å²) in [7, 11) is 0. The molecule has 0 aliphatic carbocycles. The van der Waals surface area contributed by atoms with Crippen LogP contribution in [0.15, 0.2) is 85.5 Å². The Morgan fingerprint density at radius 1 is 0.867 bits per heavy atom. The highest BCUT2D eigenvalue weighted by atomic mass is 16.5. The molecule has 0 aliphatic heterocycles. The number of anilines is 1. The molecule has 5 rings (SSSR count). The summed E-state index contributed by atoms with van der Waals surface area (Å²) in [5, 5.41) is 16.8. The molecular formula is C22H16N6O2. The van der Waals surface area contributed by atoms with Crippen LogP contribution in [0.3, 0.4) is 0 Å². The first-order chi connectivity index (χ1) is 14.7. The van der Waals surface area contributed by atoms with Crippen LogP contribution in [0.2, 0.25) is 0 Å². The summed E-state index contributed by atoms with van der Waals surface area (Å²) in [5.74, 6) is 1.80. The first-order valence-electron chi connectivity index (χ1n) is 9.21. The van der Waals surface area contributed by atoms with Crippen LogP contribution in [0.5, 0.6) is 11.5 Å². The molecule has 0 atom stereocenters. The maximum atomic E-state index is 11.4. The number of nitrogens with two attached hydrogens (primary N) is 1. The average Bonchev–Trinajstić information content (AvgIpc) is 3.17. The van der Waals surface area contributed by atoms with Gasteiger partial charge in [-0.05, 0) is 36.4 Å². The molecule has 3 aromatic heterocycles. The van der Waals surface area contributed by atoms with Gasteiger partial charge in [-0.3, -0.25) is 0 Å². The molecule has 0 saturated carbocycles. The molecule has 0 saturated heterocycles. The number of fused-ring (bicyclic) bond motifs is 1. The highest BCUT2D eigenvalue weighted by molar-refractivity contribution is 5.98. The molecule has 0 aliphatic rings. The zero-order chi connectivity index (χ0) is 20.5. The zero-order valence-corrected chi connectivity index (χ0v) is 15.7. The van der Waals surface area contributed by atoms with Gasteiger partial charge in [0.25, 0.3) is 0 Å². The standard InChI is InChI=1S/C22H16N6O2/c23-21-19-20(15-6-8-18(9-7-15)30-17-4-2-1-3-5-17)26-28(22(19)25-14-24-21)16-10-12-27(29)13-11-16/h1-14H,(H2,23,24,25). The summed E-state index contributed by atoms with van der Waals surface area (Å²) in [5.41, 5.74) is 8.90. The number of aromatic nitrogens is 5. The van der Waals surface area contributed by atoms with Gasteiger partial charge in [0.2, 0.25) is 0 Å². The number of hydrogen-bond donors (Lipinski definition) is 1. The van der Waals surface area contributed by atoms with E-state index in [1.54, 1.807) is 16.8 Å². The van der Waals surface area contributed by atoms with E-state index in [9.17, 15) is 5.21 Å². The van der Waals surface area contributed by atoms with Gasteiger partial charge in [-0.1, -0.05) is 18.2 Å². The summed E-state index contributed by atoms with van der Waals surface area (Å²) in [6, 6.07) is 20.5. The summed E-state index contributed by atoms with van der Waals surface area (Å²) in [6.45, 7) is 0. The maximum absolute atomic E-state index is 11.4. The number of nitrogen functional groups attached to an aromatic ring is 1. The van der Waals surface area contributed by atoms with Crippen LogP contribution in [0.25, 0.3) is 28.0 Å². The lowest BCUT2D eigenvalue weighted by atomic mass is 10.1. The van der Waals surface area contributed by atoms with Gasteiger partial charge in [0, 0.05) is 17.7 Å². The van der Waals surface area contributed by atoms with Gasteiger partial charge in [-0.15, -0.1) is 0 Å². The highest BCUT2D eigenvalue weighted by Crippen LogP contribution is 2.33. The Bertz CT molecular complexity index is 1320. The van der Waals surface area contributed by atoms with E-state index in [1.807, 2.05) is 54.6 Å². The molecule has 30 heavy (non-hydrogen) atoms. The van der Waals surface area contributed by atoms with Gasteiger partial charge in [0.15, 0.2) is 18.0 Å². The van der Waals surface area contributed by atoms with E-state index < -0.39 is 0 Å². The fourth-order valence-corrected chi connectivity index (χ4v) is 3.21. The smallest absolute Gasteiger partial charge is 0.182 e. The predicted octanol–water partition coefficient (Wildman–Crippen LogP) is 3.49. The number of hydrogen-bond acceptors (Lipinski definition) is 6. The van der Waals surface area contributed by atoms with E-state index in [0.717, 1.165) is 11.3 Å². The van der Waals surface area contributed by atoms with E-state index >= 15 is 0 Å². The van der Waals surface area contributed by atoms with Crippen molar-refractivity contribution in [1.29, 1.82) is 0 Å². The van der Waals surface area contributed by atoms with Gasteiger partial charge in [0.05, 0.1) is 11.1 Å². The lowest BCUT2D eigenvalue weighted by molar-refractivity contribution is -0.605. The molecule has 2 N–H and O–H groups in total. The number of pyridine rings is 1. The summed E-state index contributed by atoms with van der Waals surface area (Å²) >= 11 is 0. The number of nitrogens with zero attached hydrogens (tertiary/aromatic N) is 5. The van der Waals surface area contributed by atoms with Crippen LogP contribution in [0.4, 0.5) is 5.82 Å². The Balaban J connectivity index is 1.58. The molecule has 0 amide bonds. The Hall–Kier alpha value is -4.46. The van der Waals surface area contributed by atoms with Crippen molar-refractivity contribution in [3.05, 3.63) is 90.7 Å². The van der Waals surface area contributed by atoms with Crippen molar-refractivity contribution >= 4 is 16.9 Å².